The first-order chi connectivity index (χ1) is 14.8. The zero-order chi connectivity index (χ0) is 21.8. The Morgan fingerprint density at radius 1 is 1.13 bits per heavy atom. The third kappa shape index (κ3) is 3.35. The molecule has 2 aliphatic rings. The standard InChI is InChI=1S/C23H27FN6O/c1-22-6-7-23(2,29-22)21(24)18(9-22)30(3)20-13-25-17(12-26-20)16-5-4-14(8-19(16)31)15-10-27-28-11-15/h4-5,8,10-13,18,21,29,31H,6-7,9H2,1-3H3,(H,27,28)/t18-,21-,22-,23+/m0/s1. The van der Waals surface area contributed by atoms with Gasteiger partial charge in [0, 0.05) is 35.4 Å². The quantitative estimate of drug-likeness (QED) is 0.594. The van der Waals surface area contributed by atoms with Crippen LogP contribution in [-0.2, 0) is 0 Å². The van der Waals surface area contributed by atoms with Crippen molar-refractivity contribution in [3.8, 4) is 28.1 Å². The average molecular weight is 423 g/mol. The number of alkyl halides is 1. The molecule has 0 amide bonds. The van der Waals surface area contributed by atoms with E-state index in [2.05, 4.69) is 32.4 Å². The molecular weight excluding hydrogens is 395 g/mol. The minimum atomic E-state index is -0.992. The average Bonchev–Trinajstić information content (AvgIpc) is 3.38. The summed E-state index contributed by atoms with van der Waals surface area (Å²) in [6, 6.07) is 5.14. The lowest BCUT2D eigenvalue weighted by molar-refractivity contribution is 0.0859. The number of nitrogens with one attached hydrogen (secondary N) is 2. The molecule has 2 fully saturated rings. The number of phenolic OH excluding ortho intramolecular Hbond substituents is 1. The van der Waals surface area contributed by atoms with Gasteiger partial charge in [0.15, 0.2) is 0 Å². The summed E-state index contributed by atoms with van der Waals surface area (Å²) in [4.78, 5) is 11.0. The molecule has 2 aromatic heterocycles. The van der Waals surface area contributed by atoms with Crippen LogP contribution in [0.5, 0.6) is 5.75 Å². The minimum Gasteiger partial charge on any atom is -0.507 e. The molecule has 0 spiro atoms. The van der Waals surface area contributed by atoms with Crippen LogP contribution in [0.2, 0.25) is 0 Å². The second kappa shape index (κ2) is 7.02. The topological polar surface area (TPSA) is 90.0 Å². The summed E-state index contributed by atoms with van der Waals surface area (Å²) in [5, 5.41) is 20.7. The third-order valence-corrected chi connectivity index (χ3v) is 6.99. The van der Waals surface area contributed by atoms with Crippen LogP contribution in [0.15, 0.2) is 43.0 Å². The van der Waals surface area contributed by atoms with Crippen molar-refractivity contribution in [1.82, 2.24) is 25.5 Å². The van der Waals surface area contributed by atoms with E-state index in [0.717, 1.165) is 30.4 Å². The number of aromatic nitrogens is 4. The van der Waals surface area contributed by atoms with Crippen molar-refractivity contribution < 1.29 is 9.50 Å². The maximum atomic E-state index is 15.4. The SMILES string of the molecule is CN(c1cnc(-c2ccc(-c3cn[nH]c3)cc2O)cn1)[C@H]1C[C@]2(C)CC[C@@](C)(N2)[C@H]1F. The molecule has 2 saturated heterocycles. The first-order valence-corrected chi connectivity index (χ1v) is 10.6. The van der Waals surface area contributed by atoms with Gasteiger partial charge in [-0.3, -0.25) is 10.1 Å². The summed E-state index contributed by atoms with van der Waals surface area (Å²) >= 11 is 0. The highest BCUT2D eigenvalue weighted by Gasteiger charge is 2.56. The van der Waals surface area contributed by atoms with E-state index in [1.54, 1.807) is 30.9 Å². The van der Waals surface area contributed by atoms with Crippen molar-refractivity contribution in [2.45, 2.75) is 56.4 Å². The smallest absolute Gasteiger partial charge is 0.147 e. The van der Waals surface area contributed by atoms with Gasteiger partial charge in [-0.2, -0.15) is 5.10 Å². The number of hydrogen-bond donors (Lipinski definition) is 3. The normalized spacial score (nSPS) is 29.8. The second-order valence-corrected chi connectivity index (χ2v) is 9.37. The number of fused-ring (bicyclic) bond motifs is 2. The van der Waals surface area contributed by atoms with Gasteiger partial charge in [0.1, 0.15) is 17.7 Å². The Kier molecular flexibility index (Phi) is 4.51. The van der Waals surface area contributed by atoms with Crippen molar-refractivity contribution >= 4 is 5.82 Å². The first kappa shape index (κ1) is 19.9. The van der Waals surface area contributed by atoms with Gasteiger partial charge in [0.25, 0.3) is 0 Å². The predicted molar refractivity (Wildman–Crippen MR) is 118 cm³/mol. The number of H-pyrrole nitrogens is 1. The van der Waals surface area contributed by atoms with Gasteiger partial charge in [-0.25, -0.2) is 9.37 Å². The Balaban J connectivity index is 1.38. The summed E-state index contributed by atoms with van der Waals surface area (Å²) in [6.45, 7) is 4.16. The minimum absolute atomic E-state index is 0.0494. The molecule has 0 radical (unpaired) electrons. The van der Waals surface area contributed by atoms with E-state index >= 15 is 4.39 Å². The largest absolute Gasteiger partial charge is 0.507 e. The molecule has 2 aliphatic heterocycles. The summed E-state index contributed by atoms with van der Waals surface area (Å²) < 4.78 is 15.4. The molecule has 3 N–H and O–H groups in total. The zero-order valence-electron chi connectivity index (χ0n) is 17.9. The van der Waals surface area contributed by atoms with Gasteiger partial charge in [-0.15, -0.1) is 0 Å². The third-order valence-electron chi connectivity index (χ3n) is 6.99. The van der Waals surface area contributed by atoms with Crippen LogP contribution in [0, 0.1) is 0 Å². The van der Waals surface area contributed by atoms with E-state index in [1.165, 1.54) is 0 Å². The van der Waals surface area contributed by atoms with Crippen LogP contribution in [0.4, 0.5) is 10.2 Å². The highest BCUT2D eigenvalue weighted by atomic mass is 19.1. The van der Waals surface area contributed by atoms with Crippen LogP contribution in [0.25, 0.3) is 22.4 Å². The van der Waals surface area contributed by atoms with Gasteiger partial charge in [0.05, 0.1) is 30.3 Å². The van der Waals surface area contributed by atoms with Crippen molar-refractivity contribution in [3.05, 3.63) is 43.0 Å². The Bertz CT molecular complexity index is 1090. The fourth-order valence-electron chi connectivity index (χ4n) is 5.18. The van der Waals surface area contributed by atoms with Gasteiger partial charge in [-0.1, -0.05) is 6.07 Å². The van der Waals surface area contributed by atoms with E-state index in [4.69, 9.17) is 0 Å². The predicted octanol–water partition coefficient (Wildman–Crippen LogP) is 3.69. The summed E-state index contributed by atoms with van der Waals surface area (Å²) in [6.07, 6.45) is 8.30. The number of anilines is 1. The van der Waals surface area contributed by atoms with E-state index in [-0.39, 0.29) is 17.3 Å². The van der Waals surface area contributed by atoms with E-state index in [9.17, 15) is 5.11 Å². The number of piperidine rings is 1. The highest BCUT2D eigenvalue weighted by Crippen LogP contribution is 2.45. The molecule has 162 valence electrons. The fourth-order valence-corrected chi connectivity index (χ4v) is 5.18. The molecule has 3 aromatic rings. The summed E-state index contributed by atoms with van der Waals surface area (Å²) in [5.41, 5.74) is 2.36. The lowest BCUT2D eigenvalue weighted by Crippen LogP contribution is -2.65. The number of halogens is 1. The van der Waals surface area contributed by atoms with Gasteiger partial charge in [-0.05, 0) is 50.8 Å². The van der Waals surface area contributed by atoms with Crippen LogP contribution in [0.3, 0.4) is 0 Å². The first-order valence-electron chi connectivity index (χ1n) is 10.6. The molecule has 1 aromatic carbocycles. The molecule has 4 atom stereocenters. The Morgan fingerprint density at radius 3 is 2.65 bits per heavy atom. The molecule has 0 saturated carbocycles. The van der Waals surface area contributed by atoms with Crippen molar-refractivity contribution in [2.24, 2.45) is 0 Å². The van der Waals surface area contributed by atoms with Gasteiger partial charge in [0.2, 0.25) is 0 Å². The van der Waals surface area contributed by atoms with E-state index in [0.29, 0.717) is 17.1 Å². The zero-order valence-corrected chi connectivity index (χ0v) is 17.9. The lowest BCUT2D eigenvalue weighted by atomic mass is 9.82. The molecule has 7 nitrogen and oxygen atoms in total. The van der Waals surface area contributed by atoms with Crippen LogP contribution in [-0.4, -0.2) is 55.6 Å². The maximum absolute atomic E-state index is 15.4. The van der Waals surface area contributed by atoms with E-state index in [1.807, 2.05) is 31.0 Å². The molecule has 0 unspecified atom stereocenters. The molecule has 5 rings (SSSR count). The van der Waals surface area contributed by atoms with Crippen molar-refractivity contribution in [3.63, 3.8) is 0 Å². The van der Waals surface area contributed by atoms with Crippen LogP contribution >= 0.6 is 0 Å². The number of hydrogen-bond acceptors (Lipinski definition) is 6. The molecule has 4 heterocycles. The van der Waals surface area contributed by atoms with Crippen molar-refractivity contribution in [2.75, 3.05) is 11.9 Å². The van der Waals surface area contributed by atoms with Gasteiger partial charge >= 0.3 is 0 Å². The summed E-state index contributed by atoms with van der Waals surface area (Å²) in [7, 11) is 1.88. The number of rotatable bonds is 4. The van der Waals surface area contributed by atoms with Crippen LogP contribution < -0.4 is 10.2 Å². The molecule has 2 bridgehead atoms. The Morgan fingerprint density at radius 2 is 1.97 bits per heavy atom. The Labute approximate surface area is 180 Å². The molecule has 0 aliphatic carbocycles. The molecule has 8 heteroatoms. The highest BCUT2D eigenvalue weighted by molar-refractivity contribution is 5.73. The molecular formula is C23H27FN6O. The summed E-state index contributed by atoms with van der Waals surface area (Å²) in [5.74, 6) is 0.744. The monoisotopic (exact) mass is 422 g/mol. The maximum Gasteiger partial charge on any atom is 0.147 e. The Hall–Kier alpha value is -3.00. The van der Waals surface area contributed by atoms with Crippen molar-refractivity contribution in [1.29, 1.82) is 0 Å². The van der Waals surface area contributed by atoms with Gasteiger partial charge < -0.3 is 15.3 Å². The second-order valence-electron chi connectivity index (χ2n) is 9.37. The van der Waals surface area contributed by atoms with Crippen LogP contribution in [0.1, 0.15) is 33.1 Å². The number of aromatic hydroxyl groups is 1. The lowest BCUT2D eigenvalue weighted by Gasteiger charge is -2.47. The number of nitrogens with zero attached hydrogens (tertiary/aromatic N) is 4. The molecule has 31 heavy (non-hydrogen) atoms. The van der Waals surface area contributed by atoms with E-state index < -0.39 is 11.7 Å². The fraction of sp³-hybridized carbons (Fsp3) is 0.435. The number of aromatic amines is 1. The number of phenols is 1. The number of benzene rings is 1.